The largest absolute Gasteiger partial charge is 0.418 e. The van der Waals surface area contributed by atoms with Crippen LogP contribution in [0.3, 0.4) is 0 Å². The molecule has 2 rings (SSSR count). The molecule has 0 bridgehead atoms. The standard InChI is InChI=1S/C13H8BrClF3NOS/c1-6-4-10(21-11(6)14)12(20)19-9-3-2-7(15)5-8(9)13(16,17)18/h2-5H,1H3,(H,19,20). The molecule has 0 unspecified atom stereocenters. The van der Waals surface area contributed by atoms with Gasteiger partial charge in [0.15, 0.2) is 0 Å². The first-order valence-corrected chi connectivity index (χ1v) is 7.61. The van der Waals surface area contributed by atoms with E-state index in [9.17, 15) is 18.0 Å². The Labute approximate surface area is 136 Å². The topological polar surface area (TPSA) is 29.1 Å². The van der Waals surface area contributed by atoms with Crippen LogP contribution in [0.5, 0.6) is 0 Å². The maximum absolute atomic E-state index is 12.9. The summed E-state index contributed by atoms with van der Waals surface area (Å²) in [6.07, 6.45) is -4.60. The molecule has 0 saturated carbocycles. The van der Waals surface area contributed by atoms with Crippen molar-refractivity contribution in [3.8, 4) is 0 Å². The minimum Gasteiger partial charge on any atom is -0.321 e. The predicted octanol–water partition coefficient (Wildman–Crippen LogP) is 5.74. The van der Waals surface area contributed by atoms with Crippen LogP contribution in [0.1, 0.15) is 20.8 Å². The predicted molar refractivity (Wildman–Crippen MR) is 81.2 cm³/mol. The molecule has 0 fully saturated rings. The average molecular weight is 399 g/mol. The highest BCUT2D eigenvalue weighted by atomic mass is 79.9. The number of nitrogens with one attached hydrogen (secondary N) is 1. The van der Waals surface area contributed by atoms with E-state index in [1.807, 2.05) is 0 Å². The van der Waals surface area contributed by atoms with Crippen molar-refractivity contribution in [1.29, 1.82) is 0 Å². The van der Waals surface area contributed by atoms with Crippen LogP contribution in [0.2, 0.25) is 5.02 Å². The van der Waals surface area contributed by atoms with Crippen LogP contribution in [0.4, 0.5) is 18.9 Å². The number of alkyl halides is 3. The lowest BCUT2D eigenvalue weighted by molar-refractivity contribution is -0.136. The highest BCUT2D eigenvalue weighted by Gasteiger charge is 2.34. The van der Waals surface area contributed by atoms with Crippen LogP contribution >= 0.6 is 38.9 Å². The van der Waals surface area contributed by atoms with Crippen molar-refractivity contribution in [2.45, 2.75) is 13.1 Å². The lowest BCUT2D eigenvalue weighted by Gasteiger charge is -2.13. The van der Waals surface area contributed by atoms with E-state index < -0.39 is 17.6 Å². The SMILES string of the molecule is Cc1cc(C(=O)Nc2ccc(Cl)cc2C(F)(F)F)sc1Br. The number of carbonyl (C=O) groups is 1. The Morgan fingerprint density at radius 1 is 1.33 bits per heavy atom. The normalized spacial score (nSPS) is 11.5. The summed E-state index contributed by atoms with van der Waals surface area (Å²) in [6.45, 7) is 1.79. The van der Waals surface area contributed by atoms with Crippen LogP contribution in [0.15, 0.2) is 28.1 Å². The molecule has 21 heavy (non-hydrogen) atoms. The summed E-state index contributed by atoms with van der Waals surface area (Å²) in [5.74, 6) is -0.596. The molecule has 0 aliphatic carbocycles. The number of benzene rings is 1. The highest BCUT2D eigenvalue weighted by molar-refractivity contribution is 9.11. The lowest BCUT2D eigenvalue weighted by Crippen LogP contribution is -2.15. The first kappa shape index (κ1) is 16.3. The minimum atomic E-state index is -4.60. The van der Waals surface area contributed by atoms with E-state index in [0.717, 1.165) is 32.8 Å². The van der Waals surface area contributed by atoms with E-state index in [1.54, 1.807) is 13.0 Å². The first-order valence-electron chi connectivity index (χ1n) is 5.62. The molecule has 0 radical (unpaired) electrons. The van der Waals surface area contributed by atoms with Crippen molar-refractivity contribution < 1.29 is 18.0 Å². The van der Waals surface area contributed by atoms with Gasteiger partial charge in [-0.1, -0.05) is 11.6 Å². The molecule has 2 aromatic rings. The molecule has 0 saturated heterocycles. The third-order valence-corrected chi connectivity index (χ3v) is 4.99. The van der Waals surface area contributed by atoms with E-state index in [0.29, 0.717) is 4.88 Å². The number of thiophene rings is 1. The zero-order valence-electron chi connectivity index (χ0n) is 10.5. The van der Waals surface area contributed by atoms with E-state index in [1.165, 1.54) is 6.07 Å². The molecule has 1 aromatic heterocycles. The van der Waals surface area contributed by atoms with Crippen molar-refractivity contribution in [2.75, 3.05) is 5.32 Å². The fourth-order valence-corrected chi connectivity index (χ4v) is 3.22. The van der Waals surface area contributed by atoms with Gasteiger partial charge in [-0.05, 0) is 52.7 Å². The molecule has 1 aromatic carbocycles. The van der Waals surface area contributed by atoms with Crippen LogP contribution in [-0.2, 0) is 6.18 Å². The first-order chi connectivity index (χ1) is 9.68. The molecule has 0 spiro atoms. The summed E-state index contributed by atoms with van der Waals surface area (Å²) in [7, 11) is 0. The minimum absolute atomic E-state index is 0.0463. The molecule has 0 atom stereocenters. The van der Waals surface area contributed by atoms with Crippen LogP contribution in [0.25, 0.3) is 0 Å². The zero-order chi connectivity index (χ0) is 15.8. The molecule has 1 amide bonds. The number of halogens is 5. The van der Waals surface area contributed by atoms with Gasteiger partial charge in [0.25, 0.3) is 5.91 Å². The summed E-state index contributed by atoms with van der Waals surface area (Å²) in [6, 6.07) is 4.82. The summed E-state index contributed by atoms with van der Waals surface area (Å²) in [5.41, 5.74) is -0.452. The Kier molecular flexibility index (Phi) is 4.65. The molecule has 1 heterocycles. The number of rotatable bonds is 2. The molecule has 0 aliphatic heterocycles. The molecule has 1 N–H and O–H groups in total. The lowest BCUT2D eigenvalue weighted by atomic mass is 10.1. The van der Waals surface area contributed by atoms with Crippen molar-refractivity contribution >= 4 is 50.5 Å². The molecule has 8 heteroatoms. The van der Waals surface area contributed by atoms with Crippen LogP contribution in [0, 0.1) is 6.92 Å². The van der Waals surface area contributed by atoms with E-state index >= 15 is 0 Å². The van der Waals surface area contributed by atoms with Gasteiger partial charge in [-0.2, -0.15) is 13.2 Å². The van der Waals surface area contributed by atoms with Gasteiger partial charge in [-0.15, -0.1) is 11.3 Å². The maximum Gasteiger partial charge on any atom is 0.418 e. The van der Waals surface area contributed by atoms with Crippen molar-refractivity contribution in [3.63, 3.8) is 0 Å². The molecular weight excluding hydrogens is 391 g/mol. The second kappa shape index (κ2) is 5.98. The van der Waals surface area contributed by atoms with Crippen molar-refractivity contribution in [3.05, 3.63) is 49.1 Å². The number of hydrogen-bond donors (Lipinski definition) is 1. The van der Waals surface area contributed by atoms with Gasteiger partial charge in [0, 0.05) is 5.02 Å². The van der Waals surface area contributed by atoms with E-state index in [-0.39, 0.29) is 10.7 Å². The van der Waals surface area contributed by atoms with Gasteiger partial charge in [-0.3, -0.25) is 4.79 Å². The fraction of sp³-hybridized carbons (Fsp3) is 0.154. The van der Waals surface area contributed by atoms with Gasteiger partial charge in [0.05, 0.1) is 19.9 Å². The van der Waals surface area contributed by atoms with Gasteiger partial charge in [-0.25, -0.2) is 0 Å². The van der Waals surface area contributed by atoms with Crippen LogP contribution < -0.4 is 5.32 Å². The summed E-state index contributed by atoms with van der Waals surface area (Å²) < 4.78 is 39.6. The Morgan fingerprint density at radius 3 is 2.52 bits per heavy atom. The van der Waals surface area contributed by atoms with Crippen LogP contribution in [-0.4, -0.2) is 5.91 Å². The monoisotopic (exact) mass is 397 g/mol. The zero-order valence-corrected chi connectivity index (χ0v) is 13.7. The molecule has 112 valence electrons. The van der Waals surface area contributed by atoms with Crippen molar-refractivity contribution in [1.82, 2.24) is 0 Å². The molecule has 2 nitrogen and oxygen atoms in total. The summed E-state index contributed by atoms with van der Waals surface area (Å²) >= 11 is 10.0. The van der Waals surface area contributed by atoms with Gasteiger partial charge in [0.1, 0.15) is 0 Å². The van der Waals surface area contributed by atoms with Gasteiger partial charge in [0.2, 0.25) is 0 Å². The number of anilines is 1. The van der Waals surface area contributed by atoms with E-state index in [4.69, 9.17) is 11.6 Å². The highest BCUT2D eigenvalue weighted by Crippen LogP contribution is 2.37. The second-order valence-electron chi connectivity index (χ2n) is 4.21. The Bertz CT molecular complexity index is 680. The fourth-order valence-electron chi connectivity index (χ4n) is 1.62. The van der Waals surface area contributed by atoms with Crippen molar-refractivity contribution in [2.24, 2.45) is 0 Å². The summed E-state index contributed by atoms with van der Waals surface area (Å²) in [4.78, 5) is 12.3. The number of amides is 1. The smallest absolute Gasteiger partial charge is 0.321 e. The maximum atomic E-state index is 12.9. The average Bonchev–Trinajstić information content (AvgIpc) is 2.71. The second-order valence-corrected chi connectivity index (χ2v) is 7.02. The summed E-state index contributed by atoms with van der Waals surface area (Å²) in [5, 5.41) is 2.23. The number of carbonyl (C=O) groups excluding carboxylic acids is 1. The number of aryl methyl sites for hydroxylation is 1. The molecular formula is C13H8BrClF3NOS. The Hall–Kier alpha value is -1.05. The Morgan fingerprint density at radius 2 is 2.00 bits per heavy atom. The molecule has 0 aliphatic rings. The quantitative estimate of drug-likeness (QED) is 0.686. The Balaban J connectivity index is 2.33. The van der Waals surface area contributed by atoms with E-state index in [2.05, 4.69) is 21.2 Å². The third kappa shape index (κ3) is 3.78. The number of hydrogen-bond acceptors (Lipinski definition) is 2. The third-order valence-electron chi connectivity index (χ3n) is 2.62. The van der Waals surface area contributed by atoms with Gasteiger partial charge >= 0.3 is 6.18 Å². The van der Waals surface area contributed by atoms with Gasteiger partial charge < -0.3 is 5.32 Å².